The summed E-state index contributed by atoms with van der Waals surface area (Å²) in [5.74, 6) is 0.354. The average molecular weight is 425 g/mol. The molecule has 2 rings (SSSR count). The van der Waals surface area contributed by atoms with E-state index in [2.05, 4.69) is 5.32 Å². The molecule has 152 valence electrons. The number of hydrogen-bond acceptors (Lipinski definition) is 4. The van der Waals surface area contributed by atoms with E-state index in [-0.39, 0.29) is 12.6 Å². The van der Waals surface area contributed by atoms with E-state index >= 15 is 0 Å². The SMILES string of the molecule is CC(C)Oc1ccc(CNC(=O)[C@@H](C)N(c2ccc(Cl)cc2)S(C)(=O)=O)cc1. The van der Waals surface area contributed by atoms with Crippen molar-refractivity contribution in [3.05, 3.63) is 59.1 Å². The van der Waals surface area contributed by atoms with Crippen LogP contribution in [0.15, 0.2) is 48.5 Å². The number of anilines is 1. The van der Waals surface area contributed by atoms with Crippen molar-refractivity contribution >= 4 is 33.2 Å². The van der Waals surface area contributed by atoms with Gasteiger partial charge in [0.25, 0.3) is 0 Å². The molecule has 1 N–H and O–H groups in total. The zero-order chi connectivity index (χ0) is 20.9. The molecule has 0 unspecified atom stereocenters. The van der Waals surface area contributed by atoms with Crippen LogP contribution in [0.25, 0.3) is 0 Å². The second-order valence-corrected chi connectivity index (χ2v) is 9.04. The molecule has 0 aliphatic rings. The van der Waals surface area contributed by atoms with Crippen LogP contribution in [-0.2, 0) is 21.4 Å². The Morgan fingerprint density at radius 1 is 1.07 bits per heavy atom. The number of ether oxygens (including phenoxy) is 1. The second kappa shape index (κ2) is 9.30. The molecule has 8 heteroatoms. The average Bonchev–Trinajstić information content (AvgIpc) is 2.61. The maximum atomic E-state index is 12.6. The number of carbonyl (C=O) groups is 1. The topological polar surface area (TPSA) is 75.7 Å². The third-order valence-electron chi connectivity index (χ3n) is 3.93. The largest absolute Gasteiger partial charge is 0.491 e. The van der Waals surface area contributed by atoms with Gasteiger partial charge in [-0.1, -0.05) is 23.7 Å². The number of amides is 1. The number of nitrogens with one attached hydrogen (secondary N) is 1. The van der Waals surface area contributed by atoms with Crippen molar-refractivity contribution in [2.24, 2.45) is 0 Å². The molecule has 0 saturated heterocycles. The molecular weight excluding hydrogens is 400 g/mol. The number of carbonyl (C=O) groups excluding carboxylic acids is 1. The highest BCUT2D eigenvalue weighted by Crippen LogP contribution is 2.23. The van der Waals surface area contributed by atoms with E-state index < -0.39 is 22.0 Å². The predicted molar refractivity (Wildman–Crippen MR) is 112 cm³/mol. The molecule has 0 saturated carbocycles. The third-order valence-corrected chi connectivity index (χ3v) is 5.43. The van der Waals surface area contributed by atoms with Gasteiger partial charge in [-0.15, -0.1) is 0 Å². The Morgan fingerprint density at radius 2 is 1.64 bits per heavy atom. The Balaban J connectivity index is 2.07. The van der Waals surface area contributed by atoms with Crippen molar-refractivity contribution in [2.75, 3.05) is 10.6 Å². The summed E-state index contributed by atoms with van der Waals surface area (Å²) < 4.78 is 31.2. The minimum absolute atomic E-state index is 0.0845. The lowest BCUT2D eigenvalue weighted by Crippen LogP contribution is -2.47. The lowest BCUT2D eigenvalue weighted by Gasteiger charge is -2.28. The van der Waals surface area contributed by atoms with Gasteiger partial charge in [0, 0.05) is 11.6 Å². The van der Waals surface area contributed by atoms with E-state index in [9.17, 15) is 13.2 Å². The lowest BCUT2D eigenvalue weighted by molar-refractivity contribution is -0.122. The van der Waals surface area contributed by atoms with Crippen molar-refractivity contribution in [1.82, 2.24) is 5.32 Å². The highest BCUT2D eigenvalue weighted by Gasteiger charge is 2.28. The first-order valence-corrected chi connectivity index (χ1v) is 11.1. The predicted octanol–water partition coefficient (Wildman–Crippen LogP) is 3.60. The summed E-state index contributed by atoms with van der Waals surface area (Å²) in [7, 11) is -3.66. The molecule has 2 aromatic rings. The van der Waals surface area contributed by atoms with Gasteiger partial charge in [0.1, 0.15) is 11.8 Å². The molecule has 0 aliphatic carbocycles. The van der Waals surface area contributed by atoms with Crippen LogP contribution >= 0.6 is 11.6 Å². The first kappa shape index (κ1) is 22.0. The van der Waals surface area contributed by atoms with Crippen LogP contribution in [0.5, 0.6) is 5.75 Å². The molecule has 0 spiro atoms. The molecule has 6 nitrogen and oxygen atoms in total. The molecule has 1 amide bonds. The molecule has 0 aliphatic heterocycles. The molecule has 0 bridgehead atoms. The van der Waals surface area contributed by atoms with Crippen molar-refractivity contribution in [2.45, 2.75) is 39.5 Å². The number of rotatable bonds is 8. The number of nitrogens with zero attached hydrogens (tertiary/aromatic N) is 1. The van der Waals surface area contributed by atoms with Gasteiger partial charge < -0.3 is 10.1 Å². The van der Waals surface area contributed by atoms with E-state index in [1.807, 2.05) is 38.1 Å². The van der Waals surface area contributed by atoms with Crippen LogP contribution in [0.4, 0.5) is 5.69 Å². The summed E-state index contributed by atoms with van der Waals surface area (Å²) in [6.07, 6.45) is 1.15. The minimum Gasteiger partial charge on any atom is -0.491 e. The normalized spacial score (nSPS) is 12.5. The maximum Gasteiger partial charge on any atom is 0.243 e. The van der Waals surface area contributed by atoms with Gasteiger partial charge in [0.05, 0.1) is 18.0 Å². The van der Waals surface area contributed by atoms with Gasteiger partial charge in [0.15, 0.2) is 0 Å². The van der Waals surface area contributed by atoms with Crippen molar-refractivity contribution in [3.63, 3.8) is 0 Å². The molecular formula is C20H25ClN2O4S. The van der Waals surface area contributed by atoms with Gasteiger partial charge >= 0.3 is 0 Å². The molecule has 2 aromatic carbocycles. The molecule has 1 atom stereocenters. The molecule has 0 aromatic heterocycles. The summed E-state index contributed by atoms with van der Waals surface area (Å²) in [6, 6.07) is 12.8. The molecule has 0 radical (unpaired) electrons. The van der Waals surface area contributed by atoms with E-state index in [0.29, 0.717) is 10.7 Å². The third kappa shape index (κ3) is 6.14. The van der Waals surface area contributed by atoms with Crippen LogP contribution in [0.1, 0.15) is 26.3 Å². The first-order valence-electron chi connectivity index (χ1n) is 8.86. The Labute approximate surface area is 171 Å². The monoisotopic (exact) mass is 424 g/mol. The summed E-state index contributed by atoms with van der Waals surface area (Å²) >= 11 is 5.87. The highest BCUT2D eigenvalue weighted by atomic mass is 35.5. The van der Waals surface area contributed by atoms with Crippen molar-refractivity contribution in [3.8, 4) is 5.75 Å². The molecule has 0 fully saturated rings. The number of benzene rings is 2. The smallest absolute Gasteiger partial charge is 0.243 e. The van der Waals surface area contributed by atoms with E-state index in [1.54, 1.807) is 31.2 Å². The Morgan fingerprint density at radius 3 is 2.14 bits per heavy atom. The summed E-state index contributed by atoms with van der Waals surface area (Å²) in [4.78, 5) is 12.6. The Hall–Kier alpha value is -2.25. The van der Waals surface area contributed by atoms with Gasteiger partial charge in [-0.2, -0.15) is 0 Å². The zero-order valence-electron chi connectivity index (χ0n) is 16.3. The quantitative estimate of drug-likeness (QED) is 0.702. The van der Waals surface area contributed by atoms with Crippen LogP contribution in [0, 0.1) is 0 Å². The van der Waals surface area contributed by atoms with Crippen LogP contribution < -0.4 is 14.4 Å². The molecule has 0 heterocycles. The van der Waals surface area contributed by atoms with Crippen LogP contribution in [0.2, 0.25) is 5.02 Å². The fourth-order valence-corrected chi connectivity index (χ4v) is 3.99. The fourth-order valence-electron chi connectivity index (χ4n) is 2.69. The summed E-state index contributed by atoms with van der Waals surface area (Å²) in [6.45, 7) is 5.72. The summed E-state index contributed by atoms with van der Waals surface area (Å²) in [5, 5.41) is 3.27. The van der Waals surface area contributed by atoms with Crippen LogP contribution in [-0.4, -0.2) is 32.7 Å². The number of hydrogen-bond donors (Lipinski definition) is 1. The minimum atomic E-state index is -3.66. The van der Waals surface area contributed by atoms with E-state index in [1.165, 1.54) is 0 Å². The standard InChI is InChI=1S/C20H25ClN2O4S/c1-14(2)27-19-11-5-16(6-12-19)13-22-20(24)15(3)23(28(4,25)26)18-9-7-17(21)8-10-18/h5-12,14-15H,13H2,1-4H3,(H,22,24)/t15-/m1/s1. The van der Waals surface area contributed by atoms with Gasteiger partial charge in [-0.25, -0.2) is 8.42 Å². The van der Waals surface area contributed by atoms with Gasteiger partial charge in [-0.05, 0) is 62.7 Å². The van der Waals surface area contributed by atoms with Crippen molar-refractivity contribution in [1.29, 1.82) is 0 Å². The fraction of sp³-hybridized carbons (Fsp3) is 0.350. The second-order valence-electron chi connectivity index (χ2n) is 6.74. The zero-order valence-corrected chi connectivity index (χ0v) is 17.9. The lowest BCUT2D eigenvalue weighted by atomic mass is 10.2. The highest BCUT2D eigenvalue weighted by molar-refractivity contribution is 7.92. The van der Waals surface area contributed by atoms with Gasteiger partial charge in [-0.3, -0.25) is 9.10 Å². The summed E-state index contributed by atoms with van der Waals surface area (Å²) in [5.41, 5.74) is 1.26. The number of sulfonamides is 1. The first-order chi connectivity index (χ1) is 13.1. The van der Waals surface area contributed by atoms with Gasteiger partial charge in [0.2, 0.25) is 15.9 Å². The van der Waals surface area contributed by atoms with Crippen LogP contribution in [0.3, 0.4) is 0 Å². The van der Waals surface area contributed by atoms with Crippen molar-refractivity contribution < 1.29 is 17.9 Å². The van der Waals surface area contributed by atoms with E-state index in [4.69, 9.17) is 16.3 Å². The van der Waals surface area contributed by atoms with E-state index in [0.717, 1.165) is 21.9 Å². The molecule has 28 heavy (non-hydrogen) atoms. The number of halogens is 1. The Bertz CT molecular complexity index is 897. The maximum absolute atomic E-state index is 12.6. The Kier molecular flexibility index (Phi) is 7.32.